The van der Waals surface area contributed by atoms with Crippen LogP contribution < -0.4 is 24.4 Å². The topological polar surface area (TPSA) is 77.1 Å². The van der Waals surface area contributed by atoms with Gasteiger partial charge in [-0.15, -0.1) is 0 Å². The van der Waals surface area contributed by atoms with Crippen molar-refractivity contribution in [2.24, 2.45) is 5.92 Å². The molecular weight excluding hydrogens is 432 g/mol. The number of amides is 2. The molecule has 2 heterocycles. The van der Waals surface area contributed by atoms with Crippen LogP contribution in [0.1, 0.15) is 17.5 Å². The number of nitrogens with zero attached hydrogens (tertiary/aromatic N) is 1. The number of para-hydroxylation sites is 1. The third-order valence-corrected chi connectivity index (χ3v) is 6.04. The van der Waals surface area contributed by atoms with Crippen molar-refractivity contribution in [3.8, 4) is 17.2 Å². The molecule has 0 saturated carbocycles. The number of hydrogen-bond donors (Lipinski definition) is 1. The number of fused-ring (bicyclic) bond motifs is 1. The fraction of sp³-hybridized carbons (Fsp3) is 0.259. The highest BCUT2D eigenvalue weighted by atomic mass is 16.6. The van der Waals surface area contributed by atoms with Gasteiger partial charge >= 0.3 is 0 Å². The van der Waals surface area contributed by atoms with Gasteiger partial charge < -0.3 is 24.4 Å². The van der Waals surface area contributed by atoms with Crippen molar-refractivity contribution in [2.75, 3.05) is 24.7 Å². The van der Waals surface area contributed by atoms with Crippen LogP contribution in [-0.2, 0) is 22.7 Å². The van der Waals surface area contributed by atoms with Gasteiger partial charge in [0.15, 0.2) is 11.5 Å². The van der Waals surface area contributed by atoms with Crippen molar-refractivity contribution in [1.29, 1.82) is 0 Å². The van der Waals surface area contributed by atoms with Crippen LogP contribution in [0.3, 0.4) is 0 Å². The first kappa shape index (κ1) is 21.8. The molecule has 34 heavy (non-hydrogen) atoms. The summed E-state index contributed by atoms with van der Waals surface area (Å²) in [4.78, 5) is 27.2. The minimum absolute atomic E-state index is 0.0755. The van der Waals surface area contributed by atoms with Crippen molar-refractivity contribution in [2.45, 2.75) is 19.6 Å². The van der Waals surface area contributed by atoms with E-state index in [0.717, 1.165) is 16.9 Å². The molecule has 2 aliphatic heterocycles. The third-order valence-electron chi connectivity index (χ3n) is 6.04. The Kier molecular flexibility index (Phi) is 6.33. The van der Waals surface area contributed by atoms with E-state index in [2.05, 4.69) is 5.32 Å². The van der Waals surface area contributed by atoms with Crippen LogP contribution in [0, 0.1) is 5.92 Å². The average Bonchev–Trinajstić information content (AvgIpc) is 3.28. The number of ether oxygens (including phenoxy) is 3. The second kappa shape index (κ2) is 9.87. The van der Waals surface area contributed by atoms with Crippen LogP contribution in [0.25, 0.3) is 0 Å². The third kappa shape index (κ3) is 4.83. The van der Waals surface area contributed by atoms with Gasteiger partial charge in [0.1, 0.15) is 25.6 Å². The summed E-state index contributed by atoms with van der Waals surface area (Å²) >= 11 is 0. The van der Waals surface area contributed by atoms with Gasteiger partial charge in [-0.2, -0.15) is 0 Å². The Hall–Kier alpha value is -4.00. The average molecular weight is 459 g/mol. The Morgan fingerprint density at radius 3 is 2.50 bits per heavy atom. The molecule has 7 heteroatoms. The Morgan fingerprint density at radius 2 is 1.68 bits per heavy atom. The van der Waals surface area contributed by atoms with E-state index < -0.39 is 5.92 Å². The standard InChI is InChI=1S/C27H26N2O5/c30-26-14-21(17-29(26)22-10-11-24-25(15-22)33-13-12-32-24)27(31)28-16-19-6-4-5-7-20(19)18-34-23-8-2-1-3-9-23/h1-11,15,21H,12-14,16-18H2,(H,28,31)/t21-/m1/s1. The SMILES string of the molecule is O=C(NCc1ccccc1COc1ccccc1)[C@@H]1CC(=O)N(c2ccc3c(c2)OCCO3)C1. The Labute approximate surface area is 198 Å². The van der Waals surface area contributed by atoms with E-state index in [1.165, 1.54) is 0 Å². The van der Waals surface area contributed by atoms with Crippen LogP contribution in [-0.4, -0.2) is 31.6 Å². The van der Waals surface area contributed by atoms with Crippen molar-refractivity contribution in [3.63, 3.8) is 0 Å². The maximum atomic E-state index is 12.9. The van der Waals surface area contributed by atoms with E-state index in [4.69, 9.17) is 14.2 Å². The van der Waals surface area contributed by atoms with Crippen LogP contribution in [0.5, 0.6) is 17.2 Å². The van der Waals surface area contributed by atoms with Crippen molar-refractivity contribution >= 4 is 17.5 Å². The summed E-state index contributed by atoms with van der Waals surface area (Å²) in [6, 6.07) is 22.9. The monoisotopic (exact) mass is 458 g/mol. The number of benzene rings is 3. The largest absolute Gasteiger partial charge is 0.489 e. The minimum atomic E-state index is -0.409. The maximum Gasteiger partial charge on any atom is 0.227 e. The van der Waals surface area contributed by atoms with Gasteiger partial charge in [-0.25, -0.2) is 0 Å². The number of carbonyl (C=O) groups is 2. The zero-order valence-electron chi connectivity index (χ0n) is 18.7. The summed E-state index contributed by atoms with van der Waals surface area (Å²) in [5.74, 6) is 1.48. The summed E-state index contributed by atoms with van der Waals surface area (Å²) in [5.41, 5.74) is 2.71. The van der Waals surface area contributed by atoms with Gasteiger partial charge in [-0.05, 0) is 35.4 Å². The molecule has 0 bridgehead atoms. The summed E-state index contributed by atoms with van der Waals surface area (Å²) in [5, 5.41) is 3.00. The lowest BCUT2D eigenvalue weighted by Gasteiger charge is -2.22. The quantitative estimate of drug-likeness (QED) is 0.584. The van der Waals surface area contributed by atoms with Crippen LogP contribution >= 0.6 is 0 Å². The molecule has 3 aromatic carbocycles. The Bertz CT molecular complexity index is 1180. The number of carbonyl (C=O) groups excluding carboxylic acids is 2. The van der Waals surface area contributed by atoms with E-state index in [-0.39, 0.29) is 18.2 Å². The molecule has 2 amide bonds. The number of anilines is 1. The first-order valence-corrected chi connectivity index (χ1v) is 11.4. The van der Waals surface area contributed by atoms with Gasteiger partial charge in [0.05, 0.1) is 5.92 Å². The molecule has 0 radical (unpaired) electrons. The fourth-order valence-electron chi connectivity index (χ4n) is 4.21. The second-order valence-corrected chi connectivity index (χ2v) is 8.32. The van der Waals surface area contributed by atoms with Crippen LogP contribution in [0.2, 0.25) is 0 Å². The summed E-state index contributed by atoms with van der Waals surface area (Å²) in [6.45, 7) is 2.12. The number of nitrogens with one attached hydrogen (secondary N) is 1. The lowest BCUT2D eigenvalue weighted by molar-refractivity contribution is -0.126. The summed E-state index contributed by atoms with van der Waals surface area (Å²) < 4.78 is 17.1. The summed E-state index contributed by atoms with van der Waals surface area (Å²) in [6.07, 6.45) is 0.180. The van der Waals surface area contributed by atoms with E-state index in [1.54, 1.807) is 17.0 Å². The van der Waals surface area contributed by atoms with Gasteiger partial charge in [0.2, 0.25) is 11.8 Å². The molecule has 7 nitrogen and oxygen atoms in total. The highest BCUT2D eigenvalue weighted by molar-refractivity contribution is 6.00. The lowest BCUT2D eigenvalue weighted by atomic mass is 10.1. The van der Waals surface area contributed by atoms with E-state index >= 15 is 0 Å². The van der Waals surface area contributed by atoms with E-state index in [1.807, 2.05) is 60.7 Å². The highest BCUT2D eigenvalue weighted by Crippen LogP contribution is 2.36. The molecule has 1 fully saturated rings. The number of rotatable bonds is 7. The first-order chi connectivity index (χ1) is 16.7. The van der Waals surface area contributed by atoms with E-state index in [0.29, 0.717) is 50.1 Å². The molecule has 174 valence electrons. The zero-order chi connectivity index (χ0) is 23.3. The predicted octanol–water partition coefficient (Wildman–Crippen LogP) is 3.71. The van der Waals surface area contributed by atoms with Gasteiger partial charge in [-0.3, -0.25) is 9.59 Å². The molecule has 0 spiro atoms. The molecular formula is C27H26N2O5. The summed E-state index contributed by atoms with van der Waals surface area (Å²) in [7, 11) is 0. The molecule has 2 aliphatic rings. The molecule has 0 unspecified atom stereocenters. The maximum absolute atomic E-state index is 12.9. The van der Waals surface area contributed by atoms with Crippen LogP contribution in [0.4, 0.5) is 5.69 Å². The Morgan fingerprint density at radius 1 is 0.941 bits per heavy atom. The van der Waals surface area contributed by atoms with Gasteiger partial charge in [0.25, 0.3) is 0 Å². The smallest absolute Gasteiger partial charge is 0.227 e. The Balaban J connectivity index is 1.19. The van der Waals surface area contributed by atoms with Gasteiger partial charge in [-0.1, -0.05) is 42.5 Å². The highest BCUT2D eigenvalue weighted by Gasteiger charge is 2.35. The zero-order valence-corrected chi connectivity index (χ0v) is 18.7. The van der Waals surface area contributed by atoms with Crippen LogP contribution in [0.15, 0.2) is 72.8 Å². The first-order valence-electron chi connectivity index (χ1n) is 11.4. The minimum Gasteiger partial charge on any atom is -0.489 e. The molecule has 5 rings (SSSR count). The molecule has 0 aromatic heterocycles. The van der Waals surface area contributed by atoms with Crippen molar-refractivity contribution in [3.05, 3.63) is 83.9 Å². The van der Waals surface area contributed by atoms with Crippen molar-refractivity contribution < 1.29 is 23.8 Å². The van der Waals surface area contributed by atoms with E-state index in [9.17, 15) is 9.59 Å². The lowest BCUT2D eigenvalue weighted by Crippen LogP contribution is -2.33. The predicted molar refractivity (Wildman–Crippen MR) is 127 cm³/mol. The molecule has 1 N–H and O–H groups in total. The fourth-order valence-corrected chi connectivity index (χ4v) is 4.21. The molecule has 0 aliphatic carbocycles. The normalized spacial score (nSPS) is 16.9. The molecule has 1 saturated heterocycles. The second-order valence-electron chi connectivity index (χ2n) is 8.32. The van der Waals surface area contributed by atoms with Crippen molar-refractivity contribution in [1.82, 2.24) is 5.32 Å². The van der Waals surface area contributed by atoms with Gasteiger partial charge in [0, 0.05) is 31.3 Å². The molecule has 1 atom stereocenters. The molecule has 3 aromatic rings. The number of hydrogen-bond acceptors (Lipinski definition) is 5.